The number of benzene rings is 2. The average Bonchev–Trinajstić information content (AvgIpc) is 2.83. The van der Waals surface area contributed by atoms with Gasteiger partial charge in [-0.05, 0) is 44.5 Å². The molecule has 36 heavy (non-hydrogen) atoms. The predicted octanol–water partition coefficient (Wildman–Crippen LogP) is 4.16. The van der Waals surface area contributed by atoms with Gasteiger partial charge in [-0.25, -0.2) is 4.79 Å². The van der Waals surface area contributed by atoms with Crippen LogP contribution in [-0.2, 0) is 16.0 Å². The van der Waals surface area contributed by atoms with E-state index < -0.39 is 23.3 Å². The van der Waals surface area contributed by atoms with Crippen LogP contribution in [0.3, 0.4) is 0 Å². The van der Waals surface area contributed by atoms with Gasteiger partial charge >= 0.3 is 6.09 Å². The molecule has 0 saturated carbocycles. The molecular formula is C28H34N2O6. The normalized spacial score (nSPS) is 17.6. The molecule has 1 fully saturated rings. The molecule has 1 saturated heterocycles. The summed E-state index contributed by atoms with van der Waals surface area (Å²) in [5.41, 5.74) is 0.160. The largest absolute Gasteiger partial charge is 0.497 e. The number of hydrogen-bond acceptors (Lipinski definition) is 6. The van der Waals surface area contributed by atoms with Crippen LogP contribution in [0.15, 0.2) is 48.5 Å². The summed E-state index contributed by atoms with van der Waals surface area (Å²) in [6.45, 7) is 6.21. The second kappa shape index (κ2) is 10.2. The second-order valence-corrected chi connectivity index (χ2v) is 10.5. The van der Waals surface area contributed by atoms with Crippen LogP contribution in [0.1, 0.15) is 56.0 Å². The van der Waals surface area contributed by atoms with Gasteiger partial charge in [0.05, 0.1) is 19.1 Å². The summed E-state index contributed by atoms with van der Waals surface area (Å²) in [6.07, 6.45) is 1.04. The number of nitrogens with zero attached hydrogens (tertiary/aromatic N) is 1. The summed E-state index contributed by atoms with van der Waals surface area (Å²) < 4.78 is 17.0. The van der Waals surface area contributed by atoms with Gasteiger partial charge < -0.3 is 24.4 Å². The highest BCUT2D eigenvalue weighted by atomic mass is 16.6. The number of amides is 2. The smallest absolute Gasteiger partial charge is 0.408 e. The molecule has 0 bridgehead atoms. The second-order valence-electron chi connectivity index (χ2n) is 10.5. The van der Waals surface area contributed by atoms with Crippen molar-refractivity contribution in [1.82, 2.24) is 10.2 Å². The number of nitrogens with one attached hydrogen (secondary N) is 1. The molecule has 2 heterocycles. The summed E-state index contributed by atoms with van der Waals surface area (Å²) in [5, 5.41) is 2.77. The number of likely N-dealkylation sites (tertiary alicyclic amines) is 1. The Labute approximate surface area is 211 Å². The van der Waals surface area contributed by atoms with Gasteiger partial charge in [0.2, 0.25) is 5.91 Å². The zero-order valence-corrected chi connectivity index (χ0v) is 21.3. The molecule has 2 aliphatic rings. The molecule has 8 heteroatoms. The third kappa shape index (κ3) is 5.98. The van der Waals surface area contributed by atoms with Crippen LogP contribution < -0.4 is 14.8 Å². The summed E-state index contributed by atoms with van der Waals surface area (Å²) in [4.78, 5) is 40.7. The van der Waals surface area contributed by atoms with Crippen LogP contribution in [0.25, 0.3) is 0 Å². The number of methoxy groups -OCH3 is 1. The predicted molar refractivity (Wildman–Crippen MR) is 134 cm³/mol. The molecule has 1 N–H and O–H groups in total. The number of carbonyl (C=O) groups is 3. The van der Waals surface area contributed by atoms with E-state index in [-0.39, 0.29) is 18.1 Å². The van der Waals surface area contributed by atoms with Gasteiger partial charge in [-0.1, -0.05) is 30.3 Å². The highest BCUT2D eigenvalue weighted by Gasteiger charge is 2.44. The molecule has 0 radical (unpaired) electrons. The van der Waals surface area contributed by atoms with Crippen LogP contribution in [0.2, 0.25) is 0 Å². The molecule has 8 nitrogen and oxygen atoms in total. The van der Waals surface area contributed by atoms with Crippen molar-refractivity contribution in [3.8, 4) is 11.5 Å². The lowest BCUT2D eigenvalue weighted by Gasteiger charge is -2.44. The minimum absolute atomic E-state index is 0.0171. The molecule has 2 aromatic rings. The van der Waals surface area contributed by atoms with Gasteiger partial charge in [-0.15, -0.1) is 0 Å². The molecule has 2 aromatic carbocycles. The Morgan fingerprint density at radius 3 is 2.44 bits per heavy atom. The Morgan fingerprint density at radius 2 is 1.81 bits per heavy atom. The van der Waals surface area contributed by atoms with Crippen LogP contribution in [0.5, 0.6) is 11.5 Å². The maximum absolute atomic E-state index is 13.5. The number of alkyl carbamates (subject to hydrolysis) is 1. The molecule has 192 valence electrons. The van der Waals surface area contributed by atoms with Gasteiger partial charge in [0.15, 0.2) is 5.78 Å². The first-order valence-corrected chi connectivity index (χ1v) is 12.3. The fourth-order valence-corrected chi connectivity index (χ4v) is 4.73. The summed E-state index contributed by atoms with van der Waals surface area (Å²) >= 11 is 0. The molecule has 2 aliphatic heterocycles. The Morgan fingerprint density at radius 1 is 1.11 bits per heavy atom. The number of hydrogen-bond donors (Lipinski definition) is 1. The molecule has 1 atom stereocenters. The lowest BCUT2D eigenvalue weighted by Crippen LogP contribution is -2.56. The third-order valence-electron chi connectivity index (χ3n) is 6.55. The average molecular weight is 495 g/mol. The quantitative estimate of drug-likeness (QED) is 0.671. The van der Waals surface area contributed by atoms with E-state index in [4.69, 9.17) is 14.2 Å². The zero-order chi connectivity index (χ0) is 25.9. The van der Waals surface area contributed by atoms with Gasteiger partial charge in [0, 0.05) is 32.4 Å². The Hall–Kier alpha value is -3.55. The first-order valence-electron chi connectivity index (χ1n) is 12.3. The van der Waals surface area contributed by atoms with E-state index in [2.05, 4.69) is 5.32 Å². The number of piperidine rings is 1. The Balaban J connectivity index is 1.45. The molecule has 0 aliphatic carbocycles. The van der Waals surface area contributed by atoms with Gasteiger partial charge in [-0.2, -0.15) is 0 Å². The topological polar surface area (TPSA) is 94.2 Å². The van der Waals surface area contributed by atoms with Crippen molar-refractivity contribution in [2.75, 3.05) is 20.2 Å². The Bertz CT molecular complexity index is 1120. The number of fused-ring (bicyclic) bond motifs is 1. The lowest BCUT2D eigenvalue weighted by molar-refractivity contribution is -0.137. The number of ether oxygens (including phenoxy) is 3. The van der Waals surface area contributed by atoms with Gasteiger partial charge in [-0.3, -0.25) is 9.59 Å². The molecule has 0 aromatic heterocycles. The third-order valence-corrected chi connectivity index (χ3v) is 6.55. The van der Waals surface area contributed by atoms with Gasteiger partial charge in [0.1, 0.15) is 28.7 Å². The maximum Gasteiger partial charge on any atom is 0.408 e. The van der Waals surface area contributed by atoms with Crippen LogP contribution in [0.4, 0.5) is 4.79 Å². The van der Waals surface area contributed by atoms with Crippen molar-refractivity contribution >= 4 is 17.8 Å². The van der Waals surface area contributed by atoms with E-state index in [1.54, 1.807) is 51.0 Å². The van der Waals surface area contributed by atoms with Crippen LogP contribution in [0, 0.1) is 0 Å². The molecule has 2 amide bonds. The van der Waals surface area contributed by atoms with Crippen LogP contribution >= 0.6 is 0 Å². The molecule has 4 rings (SSSR count). The van der Waals surface area contributed by atoms with Gasteiger partial charge in [0.25, 0.3) is 0 Å². The Kier molecular flexibility index (Phi) is 7.24. The van der Waals surface area contributed by atoms with Crippen LogP contribution in [-0.4, -0.2) is 60.1 Å². The monoisotopic (exact) mass is 494 g/mol. The number of Topliss-reactive ketones (excluding diaryl/α,β-unsaturated/α-hetero) is 1. The first-order chi connectivity index (χ1) is 17.1. The SMILES string of the molecule is COc1ccc2c(c1)C(=O)CC1(CCN(C(=O)C(Cc3ccccc3)NC(=O)OC(C)(C)C)CC1)O2. The zero-order valence-electron chi connectivity index (χ0n) is 21.3. The van der Waals surface area contributed by atoms with Crippen molar-refractivity contribution in [3.63, 3.8) is 0 Å². The van der Waals surface area contributed by atoms with Crippen molar-refractivity contribution in [1.29, 1.82) is 0 Å². The van der Waals surface area contributed by atoms with Crippen molar-refractivity contribution in [2.45, 2.75) is 63.7 Å². The fraction of sp³-hybridized carbons (Fsp3) is 0.464. The first kappa shape index (κ1) is 25.5. The molecule has 1 unspecified atom stereocenters. The molecule has 1 spiro atoms. The minimum atomic E-state index is -0.765. The van der Waals surface area contributed by atoms with E-state index in [9.17, 15) is 14.4 Å². The van der Waals surface area contributed by atoms with E-state index in [0.717, 1.165) is 5.56 Å². The van der Waals surface area contributed by atoms with Crippen molar-refractivity contribution < 1.29 is 28.6 Å². The number of ketones is 1. The summed E-state index contributed by atoms with van der Waals surface area (Å²) in [5.74, 6) is 1.01. The summed E-state index contributed by atoms with van der Waals surface area (Å²) in [6, 6.07) is 14.1. The highest BCUT2D eigenvalue weighted by molar-refractivity contribution is 6.00. The number of carbonyl (C=O) groups excluding carboxylic acids is 3. The standard InChI is InChI=1S/C28H34N2O6/c1-27(2,3)36-26(33)29-22(16-19-8-6-5-7-9-19)25(32)30-14-12-28(13-15-30)18-23(31)21-17-20(34-4)10-11-24(21)35-28/h5-11,17,22H,12-16,18H2,1-4H3,(H,29,33). The highest BCUT2D eigenvalue weighted by Crippen LogP contribution is 2.40. The summed E-state index contributed by atoms with van der Waals surface area (Å²) in [7, 11) is 1.56. The molecular weight excluding hydrogens is 460 g/mol. The minimum Gasteiger partial charge on any atom is -0.497 e. The lowest BCUT2D eigenvalue weighted by atomic mass is 9.82. The van der Waals surface area contributed by atoms with Crippen molar-refractivity contribution in [3.05, 3.63) is 59.7 Å². The van der Waals surface area contributed by atoms with E-state index in [0.29, 0.717) is 49.4 Å². The van der Waals surface area contributed by atoms with Crippen molar-refractivity contribution in [2.24, 2.45) is 0 Å². The fourth-order valence-electron chi connectivity index (χ4n) is 4.73. The number of rotatable bonds is 5. The van der Waals surface area contributed by atoms with E-state index >= 15 is 0 Å². The van der Waals surface area contributed by atoms with E-state index in [1.165, 1.54) is 0 Å². The van der Waals surface area contributed by atoms with E-state index in [1.807, 2.05) is 30.3 Å². The maximum atomic E-state index is 13.5.